The highest BCUT2D eigenvalue weighted by Gasteiger charge is 2.25. The number of nitrogens with one attached hydrogen (secondary N) is 1. The fourth-order valence-corrected chi connectivity index (χ4v) is 3.63. The lowest BCUT2D eigenvalue weighted by Crippen LogP contribution is -2.26. The van der Waals surface area contributed by atoms with Crippen LogP contribution in [0.15, 0.2) is 29.2 Å². The summed E-state index contributed by atoms with van der Waals surface area (Å²) in [5.74, 6) is -0.0793. The Labute approximate surface area is 169 Å². The van der Waals surface area contributed by atoms with E-state index in [9.17, 15) is 14.4 Å². The van der Waals surface area contributed by atoms with Crippen LogP contribution in [0.5, 0.6) is 5.75 Å². The molecule has 2 rings (SSSR count). The first-order chi connectivity index (χ1) is 13.2. The predicted molar refractivity (Wildman–Crippen MR) is 108 cm³/mol. The maximum atomic E-state index is 12.6. The maximum Gasteiger partial charge on any atom is 0.316 e. The zero-order chi connectivity index (χ0) is 20.8. The van der Waals surface area contributed by atoms with Gasteiger partial charge in [0, 0.05) is 16.2 Å². The van der Waals surface area contributed by atoms with Gasteiger partial charge < -0.3 is 14.5 Å². The van der Waals surface area contributed by atoms with Crippen molar-refractivity contribution in [1.82, 2.24) is 4.98 Å². The second-order valence-corrected chi connectivity index (χ2v) is 7.42. The molecule has 0 saturated heterocycles. The van der Waals surface area contributed by atoms with E-state index in [2.05, 4.69) is 4.98 Å². The minimum absolute atomic E-state index is 0.0903. The lowest BCUT2D eigenvalue weighted by Gasteiger charge is -2.12. The van der Waals surface area contributed by atoms with Crippen LogP contribution in [0.2, 0.25) is 0 Å². The van der Waals surface area contributed by atoms with Gasteiger partial charge in [-0.25, -0.2) is 0 Å². The highest BCUT2D eigenvalue weighted by Crippen LogP contribution is 2.23. The lowest BCUT2D eigenvalue weighted by atomic mass is 10.0. The molecule has 0 aliphatic rings. The molecule has 6 nitrogen and oxygen atoms in total. The van der Waals surface area contributed by atoms with Gasteiger partial charge in [0.2, 0.25) is 5.78 Å². The number of aryl methyl sites for hydroxylation is 1. The Balaban J connectivity index is 1.94. The molecule has 1 aromatic heterocycles. The fraction of sp³-hybridized carbons (Fsp3) is 0.381. The Kier molecular flexibility index (Phi) is 7.45. The van der Waals surface area contributed by atoms with Crippen LogP contribution in [-0.4, -0.2) is 41.0 Å². The van der Waals surface area contributed by atoms with E-state index >= 15 is 0 Å². The summed E-state index contributed by atoms with van der Waals surface area (Å²) in [5, 5.41) is 0. The number of carbonyl (C=O) groups is 3. The van der Waals surface area contributed by atoms with E-state index in [1.54, 1.807) is 13.8 Å². The number of ether oxygens (including phenoxy) is 2. The SMILES string of the molecule is CCOc1ccc(SCC(=O)O[C@H](C)C(=O)c2[nH]c(C)c(C(C)=O)c2C)cc1. The van der Waals surface area contributed by atoms with Crippen molar-refractivity contribution in [1.29, 1.82) is 0 Å². The van der Waals surface area contributed by atoms with E-state index in [1.807, 2.05) is 31.2 Å². The monoisotopic (exact) mass is 403 g/mol. The van der Waals surface area contributed by atoms with Crippen molar-refractivity contribution in [3.63, 3.8) is 0 Å². The summed E-state index contributed by atoms with van der Waals surface area (Å²) in [6, 6.07) is 7.41. The molecule has 0 bridgehead atoms. The molecule has 150 valence electrons. The Hall–Kier alpha value is -2.54. The second kappa shape index (κ2) is 9.59. The third-order valence-corrected chi connectivity index (χ3v) is 5.19. The van der Waals surface area contributed by atoms with Crippen LogP contribution < -0.4 is 4.74 Å². The topological polar surface area (TPSA) is 85.5 Å². The molecule has 0 radical (unpaired) electrons. The lowest BCUT2D eigenvalue weighted by molar-refractivity contribution is -0.143. The van der Waals surface area contributed by atoms with Crippen LogP contribution in [-0.2, 0) is 9.53 Å². The van der Waals surface area contributed by atoms with Crippen molar-refractivity contribution in [2.75, 3.05) is 12.4 Å². The van der Waals surface area contributed by atoms with Crippen LogP contribution >= 0.6 is 11.8 Å². The normalized spacial score (nSPS) is 11.8. The third kappa shape index (κ3) is 5.25. The van der Waals surface area contributed by atoms with E-state index in [0.717, 1.165) is 10.6 Å². The molecular formula is C21H25NO5S. The highest BCUT2D eigenvalue weighted by atomic mass is 32.2. The Bertz CT molecular complexity index is 870. The number of esters is 1. The summed E-state index contributed by atoms with van der Waals surface area (Å²) >= 11 is 1.32. The van der Waals surface area contributed by atoms with Gasteiger partial charge in [-0.05, 0) is 64.4 Å². The molecule has 1 N–H and O–H groups in total. The van der Waals surface area contributed by atoms with Crippen LogP contribution in [0.4, 0.5) is 0 Å². The molecule has 2 aromatic rings. The maximum absolute atomic E-state index is 12.6. The molecule has 0 saturated carbocycles. The number of thioether (sulfide) groups is 1. The number of rotatable bonds is 9. The van der Waals surface area contributed by atoms with Gasteiger partial charge in [0.05, 0.1) is 18.1 Å². The van der Waals surface area contributed by atoms with E-state index in [0.29, 0.717) is 29.1 Å². The minimum Gasteiger partial charge on any atom is -0.494 e. The molecule has 0 aliphatic carbocycles. The largest absolute Gasteiger partial charge is 0.494 e. The summed E-state index contributed by atoms with van der Waals surface area (Å²) in [6.07, 6.45) is -0.940. The first-order valence-electron chi connectivity index (χ1n) is 9.04. The smallest absolute Gasteiger partial charge is 0.316 e. The first kappa shape index (κ1) is 21.8. The van der Waals surface area contributed by atoms with Crippen molar-refractivity contribution in [3.8, 4) is 5.75 Å². The molecule has 0 spiro atoms. The molecule has 0 fully saturated rings. The standard InChI is InChI=1S/C21H25NO5S/c1-6-26-16-7-9-17(10-8-16)28-11-18(24)27-15(5)21(25)20-12(2)19(14(4)23)13(3)22-20/h7-10,15,22H,6,11H2,1-5H3/t15-/m1/s1. The van der Waals surface area contributed by atoms with Gasteiger partial charge in [0.1, 0.15) is 5.75 Å². The zero-order valence-corrected chi connectivity index (χ0v) is 17.6. The summed E-state index contributed by atoms with van der Waals surface area (Å²) in [6.45, 7) is 8.95. The summed E-state index contributed by atoms with van der Waals surface area (Å²) in [5.41, 5.74) is 2.04. The van der Waals surface area contributed by atoms with Crippen molar-refractivity contribution >= 4 is 29.3 Å². The van der Waals surface area contributed by atoms with Crippen LogP contribution in [0.1, 0.15) is 52.9 Å². The summed E-state index contributed by atoms with van der Waals surface area (Å²) in [4.78, 5) is 40.3. The molecule has 7 heteroatoms. The molecule has 28 heavy (non-hydrogen) atoms. The minimum atomic E-state index is -0.940. The molecule has 1 aromatic carbocycles. The van der Waals surface area contributed by atoms with Gasteiger partial charge in [-0.2, -0.15) is 0 Å². The molecule has 0 amide bonds. The first-order valence-corrected chi connectivity index (χ1v) is 10.0. The number of carbonyl (C=O) groups excluding carboxylic acids is 3. The van der Waals surface area contributed by atoms with Crippen LogP contribution in [0.3, 0.4) is 0 Å². The molecule has 0 unspecified atom stereocenters. The van der Waals surface area contributed by atoms with Gasteiger partial charge in [0.25, 0.3) is 0 Å². The second-order valence-electron chi connectivity index (χ2n) is 6.37. The number of hydrogen-bond donors (Lipinski definition) is 1. The Morgan fingerprint density at radius 3 is 2.32 bits per heavy atom. The van der Waals surface area contributed by atoms with Crippen molar-refractivity contribution in [2.45, 2.75) is 45.6 Å². The fourth-order valence-electron chi connectivity index (χ4n) is 2.95. The van der Waals surface area contributed by atoms with Crippen LogP contribution in [0, 0.1) is 13.8 Å². The zero-order valence-electron chi connectivity index (χ0n) is 16.8. The average molecular weight is 404 g/mol. The number of aromatic amines is 1. The van der Waals surface area contributed by atoms with Gasteiger partial charge in [-0.1, -0.05) is 0 Å². The van der Waals surface area contributed by atoms with E-state index in [1.165, 1.54) is 25.6 Å². The van der Waals surface area contributed by atoms with Crippen molar-refractivity contribution in [3.05, 3.63) is 46.8 Å². The Morgan fingerprint density at radius 1 is 1.14 bits per heavy atom. The number of hydrogen-bond acceptors (Lipinski definition) is 6. The average Bonchev–Trinajstić information content (AvgIpc) is 2.95. The molecule has 0 aliphatic heterocycles. The number of aromatic nitrogens is 1. The summed E-state index contributed by atoms with van der Waals surface area (Å²) in [7, 11) is 0. The predicted octanol–water partition coefficient (Wildman–Crippen LogP) is 4.14. The highest BCUT2D eigenvalue weighted by molar-refractivity contribution is 8.00. The van der Waals surface area contributed by atoms with Gasteiger partial charge in [-0.15, -0.1) is 11.8 Å². The Morgan fingerprint density at radius 2 is 1.79 bits per heavy atom. The summed E-state index contributed by atoms with van der Waals surface area (Å²) < 4.78 is 10.7. The quantitative estimate of drug-likeness (QED) is 0.385. The van der Waals surface area contributed by atoms with Gasteiger partial charge >= 0.3 is 5.97 Å². The third-order valence-electron chi connectivity index (χ3n) is 4.20. The van der Waals surface area contributed by atoms with Gasteiger partial charge in [0.15, 0.2) is 11.9 Å². The number of ketones is 2. The molecular weight excluding hydrogens is 378 g/mol. The van der Waals surface area contributed by atoms with Gasteiger partial charge in [-0.3, -0.25) is 14.4 Å². The molecule has 1 atom stereocenters. The van der Waals surface area contributed by atoms with Crippen molar-refractivity contribution < 1.29 is 23.9 Å². The number of Topliss-reactive ketones (excluding diaryl/α,β-unsaturated/α-hetero) is 2. The van der Waals surface area contributed by atoms with Crippen LogP contribution in [0.25, 0.3) is 0 Å². The van der Waals surface area contributed by atoms with E-state index in [4.69, 9.17) is 9.47 Å². The van der Waals surface area contributed by atoms with E-state index < -0.39 is 12.1 Å². The van der Waals surface area contributed by atoms with Crippen molar-refractivity contribution in [2.24, 2.45) is 0 Å². The van der Waals surface area contributed by atoms with E-state index in [-0.39, 0.29) is 17.3 Å². The molecule has 1 heterocycles. The number of benzene rings is 1. The number of H-pyrrole nitrogens is 1.